The first-order valence-electron chi connectivity index (χ1n) is 5.37. The molecule has 0 saturated carbocycles. The van der Waals surface area contributed by atoms with Crippen molar-refractivity contribution in [3.8, 4) is 0 Å². The van der Waals surface area contributed by atoms with Crippen molar-refractivity contribution in [3.05, 3.63) is 53.3 Å². The van der Waals surface area contributed by atoms with Crippen LogP contribution in [0.15, 0.2) is 42.6 Å². The number of halogens is 1. The predicted molar refractivity (Wildman–Crippen MR) is 78.4 cm³/mol. The molecular formula is C14H9ClNNaO2. The molecule has 0 radical (unpaired) electrons. The van der Waals surface area contributed by atoms with Crippen molar-refractivity contribution < 1.29 is 9.90 Å². The molecular weight excluding hydrogens is 273 g/mol. The Bertz CT molecular complexity index is 789. The van der Waals surface area contributed by atoms with Gasteiger partial charge in [0.2, 0.25) is 0 Å². The number of pyridine rings is 1. The van der Waals surface area contributed by atoms with Crippen LogP contribution >= 0.6 is 11.6 Å². The fourth-order valence-corrected chi connectivity index (χ4v) is 2.36. The zero-order chi connectivity index (χ0) is 12.7. The molecule has 3 nitrogen and oxygen atoms in total. The van der Waals surface area contributed by atoms with Crippen molar-refractivity contribution in [2.45, 2.75) is 0 Å². The number of hydrogen-bond donors (Lipinski definition) is 1. The number of fused-ring (bicyclic) bond motifs is 3. The molecule has 19 heavy (non-hydrogen) atoms. The molecule has 1 N–H and O–H groups in total. The van der Waals surface area contributed by atoms with Gasteiger partial charge in [-0.05, 0) is 34.4 Å². The van der Waals surface area contributed by atoms with E-state index in [9.17, 15) is 4.79 Å². The Morgan fingerprint density at radius 1 is 1.11 bits per heavy atom. The summed E-state index contributed by atoms with van der Waals surface area (Å²) in [5, 5.41) is 13.0. The quantitative estimate of drug-likeness (QED) is 0.424. The minimum absolute atomic E-state index is 0. The predicted octanol–water partition coefficient (Wildman–Crippen LogP) is 3.09. The van der Waals surface area contributed by atoms with Gasteiger partial charge in [-0.25, -0.2) is 9.78 Å². The Morgan fingerprint density at radius 3 is 2.58 bits per heavy atom. The summed E-state index contributed by atoms with van der Waals surface area (Å²) in [7, 11) is 0. The molecule has 5 heteroatoms. The molecule has 90 valence electrons. The zero-order valence-electron chi connectivity index (χ0n) is 9.22. The summed E-state index contributed by atoms with van der Waals surface area (Å²) in [6.07, 6.45) is 1.65. The molecule has 1 aromatic heterocycles. The van der Waals surface area contributed by atoms with Gasteiger partial charge >= 0.3 is 35.5 Å². The van der Waals surface area contributed by atoms with Gasteiger partial charge in [-0.3, -0.25) is 0 Å². The molecule has 0 bridgehead atoms. The number of hydrogen-bond acceptors (Lipinski definition) is 2. The van der Waals surface area contributed by atoms with Gasteiger partial charge in [0, 0.05) is 11.6 Å². The molecule has 0 fully saturated rings. The average Bonchev–Trinajstić information content (AvgIpc) is 2.37. The molecule has 1 heterocycles. The normalized spacial score (nSPS) is 10.4. The number of carbonyl (C=O) groups is 1. The van der Waals surface area contributed by atoms with Crippen molar-refractivity contribution in [3.63, 3.8) is 0 Å². The van der Waals surface area contributed by atoms with E-state index in [-0.39, 0.29) is 35.1 Å². The van der Waals surface area contributed by atoms with E-state index < -0.39 is 5.97 Å². The fraction of sp³-hybridized carbons (Fsp3) is 0. The maximum absolute atomic E-state index is 10.9. The van der Waals surface area contributed by atoms with Gasteiger partial charge in [-0.2, -0.15) is 0 Å². The second-order valence-electron chi connectivity index (χ2n) is 4.01. The van der Waals surface area contributed by atoms with Crippen LogP contribution in [0.2, 0.25) is 5.15 Å². The maximum atomic E-state index is 10.9. The molecule has 3 aromatic rings. The standard InChI is InChI=1S/C14H8ClNO2.Na.H/c15-13-12-8(5-6-16-13)1-2-9-7-10(14(17)18)3-4-11(9)12;;/h1-7H,(H,17,18);;. The average molecular weight is 282 g/mol. The first-order valence-corrected chi connectivity index (χ1v) is 5.75. The van der Waals surface area contributed by atoms with E-state index in [4.69, 9.17) is 16.7 Å². The van der Waals surface area contributed by atoms with Crippen molar-refractivity contribution in [2.75, 3.05) is 0 Å². The molecule has 0 atom stereocenters. The van der Waals surface area contributed by atoms with Crippen molar-refractivity contribution in [1.82, 2.24) is 4.98 Å². The van der Waals surface area contributed by atoms with E-state index in [0.717, 1.165) is 21.5 Å². The van der Waals surface area contributed by atoms with Crippen LogP contribution in [-0.4, -0.2) is 45.6 Å². The number of aromatic nitrogens is 1. The van der Waals surface area contributed by atoms with Crippen molar-refractivity contribution >= 4 is 68.7 Å². The third kappa shape index (κ3) is 2.47. The van der Waals surface area contributed by atoms with Crippen LogP contribution in [0, 0.1) is 0 Å². The number of rotatable bonds is 1. The fourth-order valence-electron chi connectivity index (χ4n) is 2.10. The Hall–Kier alpha value is -1.13. The molecule has 0 saturated heterocycles. The number of benzene rings is 2. The second-order valence-corrected chi connectivity index (χ2v) is 4.36. The van der Waals surface area contributed by atoms with Gasteiger partial charge in [0.25, 0.3) is 0 Å². The first kappa shape index (κ1) is 14.3. The topological polar surface area (TPSA) is 50.2 Å². The summed E-state index contributed by atoms with van der Waals surface area (Å²) in [5.41, 5.74) is 0.266. The molecule has 0 spiro atoms. The monoisotopic (exact) mass is 281 g/mol. The number of aromatic carboxylic acids is 1. The van der Waals surface area contributed by atoms with Crippen LogP contribution in [-0.2, 0) is 0 Å². The number of carboxylic acid groups (broad SMARTS) is 1. The van der Waals surface area contributed by atoms with Crippen LogP contribution in [0.4, 0.5) is 0 Å². The minimum atomic E-state index is -0.936. The number of nitrogens with zero attached hydrogens (tertiary/aromatic N) is 1. The molecule has 0 aliphatic rings. The second kappa shape index (κ2) is 5.47. The van der Waals surface area contributed by atoms with E-state index in [1.807, 2.05) is 18.2 Å². The summed E-state index contributed by atoms with van der Waals surface area (Å²) in [6.45, 7) is 0. The van der Waals surface area contributed by atoms with Gasteiger partial charge in [-0.15, -0.1) is 0 Å². The molecule has 3 rings (SSSR count). The Kier molecular flexibility index (Phi) is 4.11. The van der Waals surface area contributed by atoms with E-state index >= 15 is 0 Å². The van der Waals surface area contributed by atoms with E-state index in [1.165, 1.54) is 0 Å². The Labute approximate surface area is 136 Å². The summed E-state index contributed by atoms with van der Waals surface area (Å²) in [4.78, 5) is 15.0. The van der Waals surface area contributed by atoms with Gasteiger partial charge < -0.3 is 5.11 Å². The van der Waals surface area contributed by atoms with E-state index in [1.54, 1.807) is 24.4 Å². The third-order valence-corrected chi connectivity index (χ3v) is 3.23. The van der Waals surface area contributed by atoms with Crippen LogP contribution in [0.1, 0.15) is 10.4 Å². The zero-order valence-corrected chi connectivity index (χ0v) is 9.98. The van der Waals surface area contributed by atoms with Crippen LogP contribution in [0.5, 0.6) is 0 Å². The molecule has 0 aliphatic carbocycles. The number of carboxylic acids is 1. The van der Waals surface area contributed by atoms with Crippen LogP contribution < -0.4 is 0 Å². The molecule has 0 aliphatic heterocycles. The summed E-state index contributed by atoms with van der Waals surface area (Å²) in [6, 6.07) is 10.7. The third-order valence-electron chi connectivity index (χ3n) is 2.95. The molecule has 0 unspecified atom stereocenters. The summed E-state index contributed by atoms with van der Waals surface area (Å²) < 4.78 is 0. The Morgan fingerprint density at radius 2 is 1.84 bits per heavy atom. The van der Waals surface area contributed by atoms with Crippen molar-refractivity contribution in [1.29, 1.82) is 0 Å². The van der Waals surface area contributed by atoms with Crippen LogP contribution in [0.3, 0.4) is 0 Å². The summed E-state index contributed by atoms with van der Waals surface area (Å²) >= 11 is 6.11. The van der Waals surface area contributed by atoms with Gasteiger partial charge in [0.1, 0.15) is 5.15 Å². The van der Waals surface area contributed by atoms with Gasteiger partial charge in [-0.1, -0.05) is 29.8 Å². The van der Waals surface area contributed by atoms with Crippen LogP contribution in [0.25, 0.3) is 21.5 Å². The van der Waals surface area contributed by atoms with E-state index in [0.29, 0.717) is 5.15 Å². The summed E-state index contributed by atoms with van der Waals surface area (Å²) in [5.74, 6) is -0.936. The van der Waals surface area contributed by atoms with Gasteiger partial charge in [0.05, 0.1) is 5.56 Å². The van der Waals surface area contributed by atoms with E-state index in [2.05, 4.69) is 4.98 Å². The SMILES string of the molecule is O=C(O)c1ccc2c(ccc3ccnc(Cl)c32)c1.[NaH]. The molecule has 0 amide bonds. The van der Waals surface area contributed by atoms with Gasteiger partial charge in [0.15, 0.2) is 0 Å². The molecule has 2 aromatic carbocycles. The Balaban J connectivity index is 0.00000133. The first-order chi connectivity index (χ1) is 8.66. The van der Waals surface area contributed by atoms with Crippen molar-refractivity contribution in [2.24, 2.45) is 0 Å².